The van der Waals surface area contributed by atoms with Crippen LogP contribution in [0.2, 0.25) is 0 Å². The first-order chi connectivity index (χ1) is 4.61. The Bertz CT molecular complexity index is 212. The third-order valence-electron chi connectivity index (χ3n) is 1.09. The maximum atomic E-state index is 9.09. The molecule has 1 aromatic heterocycles. The van der Waals surface area contributed by atoms with Crippen molar-refractivity contribution in [1.82, 2.24) is 4.98 Å². The minimum atomic E-state index is 0.150. The summed E-state index contributed by atoms with van der Waals surface area (Å²) in [4.78, 5) is 3.99. The van der Waals surface area contributed by atoms with Crippen LogP contribution in [0.1, 0.15) is 5.69 Å². The van der Waals surface area contributed by atoms with Crippen LogP contribution >= 0.6 is 31.9 Å². The molecule has 2 nitrogen and oxygen atoms in total. The van der Waals surface area contributed by atoms with Crippen molar-refractivity contribution in [3.8, 4) is 5.75 Å². The van der Waals surface area contributed by atoms with Gasteiger partial charge in [0.15, 0.2) is 0 Å². The van der Waals surface area contributed by atoms with Gasteiger partial charge in [0, 0.05) is 4.47 Å². The first kappa shape index (κ1) is 8.01. The predicted octanol–water partition coefficient (Wildman–Crippen LogP) is 2.62. The minimum Gasteiger partial charge on any atom is -0.505 e. The highest BCUT2D eigenvalue weighted by atomic mass is 79.9. The van der Waals surface area contributed by atoms with Crippen molar-refractivity contribution in [2.75, 3.05) is 0 Å². The SMILES string of the molecule is Cc1nc(Br)c(O)cc1Br. The molecule has 0 aliphatic heterocycles. The van der Waals surface area contributed by atoms with Gasteiger partial charge in [-0.3, -0.25) is 0 Å². The van der Waals surface area contributed by atoms with Crippen molar-refractivity contribution in [3.63, 3.8) is 0 Å². The van der Waals surface area contributed by atoms with E-state index in [4.69, 9.17) is 5.11 Å². The van der Waals surface area contributed by atoms with E-state index in [1.54, 1.807) is 6.07 Å². The van der Waals surface area contributed by atoms with Gasteiger partial charge in [-0.25, -0.2) is 4.98 Å². The fourth-order valence-electron chi connectivity index (χ4n) is 0.542. The highest BCUT2D eigenvalue weighted by Crippen LogP contribution is 2.26. The van der Waals surface area contributed by atoms with Gasteiger partial charge in [-0.1, -0.05) is 0 Å². The molecule has 54 valence electrons. The fourth-order valence-corrected chi connectivity index (χ4v) is 1.23. The zero-order chi connectivity index (χ0) is 7.72. The van der Waals surface area contributed by atoms with Gasteiger partial charge in [-0.2, -0.15) is 0 Å². The summed E-state index contributed by atoms with van der Waals surface area (Å²) < 4.78 is 1.29. The molecule has 0 atom stereocenters. The molecule has 1 N–H and O–H groups in total. The van der Waals surface area contributed by atoms with Crippen LogP contribution in [0.15, 0.2) is 15.1 Å². The lowest BCUT2D eigenvalue weighted by atomic mass is 10.4. The Morgan fingerprint density at radius 3 is 2.60 bits per heavy atom. The molecule has 0 spiro atoms. The van der Waals surface area contributed by atoms with E-state index in [0.29, 0.717) is 4.60 Å². The number of nitrogens with zero attached hydrogens (tertiary/aromatic N) is 1. The van der Waals surface area contributed by atoms with Crippen LogP contribution in [0, 0.1) is 6.92 Å². The number of hydrogen-bond donors (Lipinski definition) is 1. The van der Waals surface area contributed by atoms with Crippen molar-refractivity contribution in [1.29, 1.82) is 0 Å². The Hall–Kier alpha value is -0.0900. The lowest BCUT2D eigenvalue weighted by Gasteiger charge is -1.99. The Labute approximate surface area is 75.5 Å². The predicted molar refractivity (Wildman–Crippen MR) is 46.0 cm³/mol. The van der Waals surface area contributed by atoms with Crippen LogP contribution in [-0.4, -0.2) is 10.1 Å². The summed E-state index contributed by atoms with van der Waals surface area (Å²) >= 11 is 6.34. The third-order valence-corrected chi connectivity index (χ3v) is 2.47. The number of halogens is 2. The Morgan fingerprint density at radius 1 is 1.50 bits per heavy atom. The zero-order valence-corrected chi connectivity index (χ0v) is 8.40. The van der Waals surface area contributed by atoms with Crippen molar-refractivity contribution in [3.05, 3.63) is 20.8 Å². The molecule has 0 radical (unpaired) electrons. The minimum absolute atomic E-state index is 0.150. The molecule has 0 aromatic carbocycles. The smallest absolute Gasteiger partial charge is 0.149 e. The summed E-state index contributed by atoms with van der Waals surface area (Å²) in [6, 6.07) is 1.60. The van der Waals surface area contributed by atoms with Crippen LogP contribution in [0.4, 0.5) is 0 Å². The van der Waals surface area contributed by atoms with Crippen LogP contribution in [-0.2, 0) is 0 Å². The lowest BCUT2D eigenvalue weighted by Crippen LogP contribution is -1.83. The molecule has 1 rings (SSSR count). The van der Waals surface area contributed by atoms with E-state index >= 15 is 0 Å². The lowest BCUT2D eigenvalue weighted by molar-refractivity contribution is 0.467. The molecular weight excluding hydrogens is 262 g/mol. The van der Waals surface area contributed by atoms with Gasteiger partial charge in [0.25, 0.3) is 0 Å². The third kappa shape index (κ3) is 1.49. The first-order valence-corrected chi connectivity index (χ1v) is 4.21. The van der Waals surface area contributed by atoms with Gasteiger partial charge in [-0.15, -0.1) is 0 Å². The van der Waals surface area contributed by atoms with Crippen molar-refractivity contribution in [2.24, 2.45) is 0 Å². The second kappa shape index (κ2) is 2.88. The van der Waals surface area contributed by atoms with E-state index in [-0.39, 0.29) is 5.75 Å². The van der Waals surface area contributed by atoms with Gasteiger partial charge in [-0.05, 0) is 44.8 Å². The van der Waals surface area contributed by atoms with Crippen LogP contribution in [0.5, 0.6) is 5.75 Å². The second-order valence-corrected chi connectivity index (χ2v) is 3.47. The average molecular weight is 267 g/mol. The molecule has 0 unspecified atom stereocenters. The molecule has 0 aliphatic carbocycles. The number of aryl methyl sites for hydroxylation is 1. The van der Waals surface area contributed by atoms with E-state index in [1.165, 1.54) is 0 Å². The highest BCUT2D eigenvalue weighted by molar-refractivity contribution is 9.11. The Kier molecular flexibility index (Phi) is 2.31. The molecule has 0 aliphatic rings. The highest BCUT2D eigenvalue weighted by Gasteiger charge is 2.02. The van der Waals surface area contributed by atoms with Gasteiger partial charge in [0.1, 0.15) is 10.4 Å². The van der Waals surface area contributed by atoms with Crippen molar-refractivity contribution in [2.45, 2.75) is 6.92 Å². The molecule has 1 aromatic rings. The molecule has 0 fully saturated rings. The number of pyridine rings is 1. The molecule has 0 saturated carbocycles. The van der Waals surface area contributed by atoms with E-state index < -0.39 is 0 Å². The van der Waals surface area contributed by atoms with Gasteiger partial charge < -0.3 is 5.11 Å². The normalized spacial score (nSPS) is 9.90. The summed E-state index contributed by atoms with van der Waals surface area (Å²) in [6.07, 6.45) is 0. The molecular formula is C6H5Br2NO. The number of aromatic hydroxyl groups is 1. The maximum Gasteiger partial charge on any atom is 0.149 e. The zero-order valence-electron chi connectivity index (χ0n) is 5.23. The van der Waals surface area contributed by atoms with E-state index in [2.05, 4.69) is 36.8 Å². The van der Waals surface area contributed by atoms with E-state index in [0.717, 1.165) is 10.2 Å². The van der Waals surface area contributed by atoms with Crippen molar-refractivity contribution < 1.29 is 5.11 Å². The standard InChI is InChI=1S/C6H5Br2NO/c1-3-4(7)2-5(10)6(8)9-3/h2,10H,1H3. The van der Waals surface area contributed by atoms with Gasteiger partial charge >= 0.3 is 0 Å². The molecule has 4 heteroatoms. The average Bonchev–Trinajstić information content (AvgIpc) is 1.84. The topological polar surface area (TPSA) is 33.1 Å². The van der Waals surface area contributed by atoms with Gasteiger partial charge in [0.05, 0.1) is 5.69 Å². The molecule has 0 saturated heterocycles. The summed E-state index contributed by atoms with van der Waals surface area (Å²) in [5.74, 6) is 0.150. The largest absolute Gasteiger partial charge is 0.505 e. The van der Waals surface area contributed by atoms with Crippen LogP contribution in [0.25, 0.3) is 0 Å². The summed E-state index contributed by atoms with van der Waals surface area (Å²) in [5.41, 5.74) is 0.852. The van der Waals surface area contributed by atoms with Gasteiger partial charge in [0.2, 0.25) is 0 Å². The Balaban J connectivity index is 3.28. The van der Waals surface area contributed by atoms with Crippen molar-refractivity contribution >= 4 is 31.9 Å². The number of hydrogen-bond acceptors (Lipinski definition) is 2. The number of rotatable bonds is 0. The number of aromatic nitrogens is 1. The molecule has 1 heterocycles. The molecule has 0 bridgehead atoms. The maximum absolute atomic E-state index is 9.09. The van der Waals surface area contributed by atoms with E-state index in [1.807, 2.05) is 6.92 Å². The van der Waals surface area contributed by atoms with Crippen LogP contribution in [0.3, 0.4) is 0 Å². The molecule has 0 amide bonds. The first-order valence-electron chi connectivity index (χ1n) is 2.63. The molecule has 10 heavy (non-hydrogen) atoms. The summed E-state index contributed by atoms with van der Waals surface area (Å²) in [5, 5.41) is 9.09. The fraction of sp³-hybridized carbons (Fsp3) is 0.167. The van der Waals surface area contributed by atoms with E-state index in [9.17, 15) is 0 Å². The second-order valence-electron chi connectivity index (χ2n) is 1.87. The Morgan fingerprint density at radius 2 is 2.10 bits per heavy atom. The summed E-state index contributed by atoms with van der Waals surface area (Å²) in [7, 11) is 0. The quantitative estimate of drug-likeness (QED) is 0.733. The monoisotopic (exact) mass is 265 g/mol. The summed E-state index contributed by atoms with van der Waals surface area (Å²) in [6.45, 7) is 1.86. The van der Waals surface area contributed by atoms with Crippen LogP contribution < -0.4 is 0 Å².